The molecule has 1 amide bonds. The summed E-state index contributed by atoms with van der Waals surface area (Å²) in [5, 5.41) is 5.86. The maximum absolute atomic E-state index is 11.2. The minimum atomic E-state index is -0.202. The summed E-state index contributed by atoms with van der Waals surface area (Å²) in [7, 11) is 1.63. The molecule has 6 heteroatoms. The summed E-state index contributed by atoms with van der Waals surface area (Å²) in [4.78, 5) is 27.7. The second kappa shape index (κ2) is 5.71. The Morgan fingerprint density at radius 3 is 2.79 bits per heavy atom. The van der Waals surface area contributed by atoms with Gasteiger partial charge in [0.25, 0.3) is 0 Å². The van der Waals surface area contributed by atoms with Crippen molar-refractivity contribution in [2.24, 2.45) is 0 Å². The Kier molecular flexibility index (Phi) is 4.01. The van der Waals surface area contributed by atoms with E-state index < -0.39 is 0 Å². The van der Waals surface area contributed by atoms with Crippen LogP contribution in [0.3, 0.4) is 0 Å². The molecule has 0 aliphatic heterocycles. The summed E-state index contributed by atoms with van der Waals surface area (Å²) in [5.41, 5.74) is 2.46. The third kappa shape index (κ3) is 3.23. The van der Waals surface area contributed by atoms with Crippen molar-refractivity contribution in [3.63, 3.8) is 0 Å². The molecule has 2 aromatic rings. The van der Waals surface area contributed by atoms with E-state index in [1.807, 2.05) is 25.1 Å². The molecule has 1 aromatic heterocycles. The van der Waals surface area contributed by atoms with Crippen LogP contribution in [0.2, 0.25) is 0 Å². The number of carbonyl (C=O) groups excluding carboxylic acids is 1. The lowest BCUT2D eigenvalue weighted by atomic mass is 10.1. The predicted octanol–water partition coefficient (Wildman–Crippen LogP) is 0.643. The number of fused-ring (bicyclic) bond motifs is 1. The van der Waals surface area contributed by atoms with E-state index in [0.717, 1.165) is 16.6 Å². The molecule has 0 saturated heterocycles. The van der Waals surface area contributed by atoms with Crippen LogP contribution in [0.25, 0.3) is 11.0 Å². The molecule has 0 aliphatic carbocycles. The molecular weight excluding hydrogens is 244 g/mol. The van der Waals surface area contributed by atoms with E-state index in [2.05, 4.69) is 20.6 Å². The quantitative estimate of drug-likeness (QED) is 0.637. The standard InChI is InChI=1S/C13H18N4O2/c1-8(15-6-5-12(18)14-2)9-3-4-10-11(7-9)17-13(19)16-10/h3-4,7-8,15H,5-6H2,1-2H3,(H,14,18)(H2,16,17,19). The zero-order valence-corrected chi connectivity index (χ0v) is 11.0. The van der Waals surface area contributed by atoms with Crippen LogP contribution in [0.15, 0.2) is 23.0 Å². The van der Waals surface area contributed by atoms with Crippen LogP contribution in [0.1, 0.15) is 24.9 Å². The van der Waals surface area contributed by atoms with Crippen molar-refractivity contribution in [1.82, 2.24) is 20.6 Å². The molecule has 6 nitrogen and oxygen atoms in total. The van der Waals surface area contributed by atoms with Crippen molar-refractivity contribution in [3.05, 3.63) is 34.2 Å². The number of hydrogen-bond acceptors (Lipinski definition) is 3. The van der Waals surface area contributed by atoms with Crippen LogP contribution in [-0.2, 0) is 4.79 Å². The summed E-state index contributed by atoms with van der Waals surface area (Å²) in [6.45, 7) is 2.64. The summed E-state index contributed by atoms with van der Waals surface area (Å²) in [5.74, 6) is 0.0186. The Balaban J connectivity index is 2.02. The molecule has 1 atom stereocenters. The van der Waals surface area contributed by atoms with E-state index in [0.29, 0.717) is 13.0 Å². The number of hydrogen-bond donors (Lipinski definition) is 4. The predicted molar refractivity (Wildman–Crippen MR) is 74.0 cm³/mol. The molecule has 19 heavy (non-hydrogen) atoms. The molecule has 0 radical (unpaired) electrons. The smallest absolute Gasteiger partial charge is 0.323 e. The van der Waals surface area contributed by atoms with Gasteiger partial charge in [0, 0.05) is 26.1 Å². The van der Waals surface area contributed by atoms with Gasteiger partial charge in [0.1, 0.15) is 0 Å². The third-order valence-electron chi connectivity index (χ3n) is 3.12. The second-order valence-corrected chi connectivity index (χ2v) is 4.48. The molecule has 0 fully saturated rings. The number of benzene rings is 1. The fraction of sp³-hybridized carbons (Fsp3) is 0.385. The zero-order chi connectivity index (χ0) is 13.8. The van der Waals surface area contributed by atoms with Gasteiger partial charge in [-0.3, -0.25) is 4.79 Å². The first-order valence-corrected chi connectivity index (χ1v) is 6.26. The number of amides is 1. The average Bonchev–Trinajstić information content (AvgIpc) is 2.77. The van der Waals surface area contributed by atoms with Gasteiger partial charge in [-0.25, -0.2) is 4.79 Å². The highest BCUT2D eigenvalue weighted by molar-refractivity contribution is 5.76. The number of aromatic amines is 2. The molecule has 0 spiro atoms. The fourth-order valence-electron chi connectivity index (χ4n) is 1.96. The minimum absolute atomic E-state index is 0.0186. The highest BCUT2D eigenvalue weighted by atomic mass is 16.1. The van der Waals surface area contributed by atoms with Gasteiger partial charge in [0.15, 0.2) is 0 Å². The van der Waals surface area contributed by atoms with Gasteiger partial charge in [-0.15, -0.1) is 0 Å². The van der Waals surface area contributed by atoms with Crippen LogP contribution in [0.4, 0.5) is 0 Å². The maximum Gasteiger partial charge on any atom is 0.323 e. The zero-order valence-electron chi connectivity index (χ0n) is 11.0. The topological polar surface area (TPSA) is 89.8 Å². The van der Waals surface area contributed by atoms with E-state index >= 15 is 0 Å². The van der Waals surface area contributed by atoms with Crippen LogP contribution >= 0.6 is 0 Å². The van der Waals surface area contributed by atoms with E-state index in [9.17, 15) is 9.59 Å². The lowest BCUT2D eigenvalue weighted by molar-refractivity contribution is -0.120. The third-order valence-corrected chi connectivity index (χ3v) is 3.12. The lowest BCUT2D eigenvalue weighted by Gasteiger charge is -2.13. The van der Waals surface area contributed by atoms with Crippen molar-refractivity contribution >= 4 is 16.9 Å². The van der Waals surface area contributed by atoms with E-state index in [1.54, 1.807) is 7.05 Å². The summed E-state index contributed by atoms with van der Waals surface area (Å²) < 4.78 is 0. The molecule has 4 N–H and O–H groups in total. The SMILES string of the molecule is CNC(=O)CCNC(C)c1ccc2[nH]c(=O)[nH]c2c1. The van der Waals surface area contributed by atoms with Crippen molar-refractivity contribution in [3.8, 4) is 0 Å². The fourth-order valence-corrected chi connectivity index (χ4v) is 1.96. The van der Waals surface area contributed by atoms with Gasteiger partial charge in [0.2, 0.25) is 5.91 Å². The molecule has 1 unspecified atom stereocenters. The Bertz CT molecular complexity index is 629. The van der Waals surface area contributed by atoms with E-state index in [1.165, 1.54) is 0 Å². The molecule has 2 rings (SSSR count). The summed E-state index contributed by atoms with van der Waals surface area (Å²) in [6.07, 6.45) is 0.448. The highest BCUT2D eigenvalue weighted by Crippen LogP contribution is 2.16. The molecule has 0 aliphatic rings. The molecule has 0 bridgehead atoms. The number of aromatic nitrogens is 2. The highest BCUT2D eigenvalue weighted by Gasteiger charge is 2.07. The number of carbonyl (C=O) groups is 1. The Morgan fingerprint density at radius 2 is 2.05 bits per heavy atom. The van der Waals surface area contributed by atoms with Crippen molar-refractivity contribution < 1.29 is 4.79 Å². The molecule has 102 valence electrons. The second-order valence-electron chi connectivity index (χ2n) is 4.48. The Hall–Kier alpha value is -2.08. The van der Waals surface area contributed by atoms with Crippen LogP contribution in [-0.4, -0.2) is 29.5 Å². The molecule has 0 saturated carbocycles. The van der Waals surface area contributed by atoms with Gasteiger partial charge in [0.05, 0.1) is 11.0 Å². The van der Waals surface area contributed by atoms with Gasteiger partial charge in [-0.05, 0) is 24.6 Å². The van der Waals surface area contributed by atoms with Crippen LogP contribution in [0.5, 0.6) is 0 Å². The Morgan fingerprint density at radius 1 is 1.32 bits per heavy atom. The first-order valence-electron chi connectivity index (χ1n) is 6.26. The maximum atomic E-state index is 11.2. The number of imidazole rings is 1. The van der Waals surface area contributed by atoms with Gasteiger partial charge in [-0.1, -0.05) is 6.07 Å². The van der Waals surface area contributed by atoms with Gasteiger partial charge < -0.3 is 20.6 Å². The largest absolute Gasteiger partial charge is 0.359 e. The number of nitrogens with one attached hydrogen (secondary N) is 4. The minimum Gasteiger partial charge on any atom is -0.359 e. The lowest BCUT2D eigenvalue weighted by Crippen LogP contribution is -2.26. The number of H-pyrrole nitrogens is 2. The van der Waals surface area contributed by atoms with Crippen LogP contribution < -0.4 is 16.3 Å². The van der Waals surface area contributed by atoms with E-state index in [4.69, 9.17) is 0 Å². The Labute approximate surface area is 110 Å². The molecular formula is C13H18N4O2. The summed E-state index contributed by atoms with van der Waals surface area (Å²) in [6, 6.07) is 5.89. The van der Waals surface area contributed by atoms with Crippen molar-refractivity contribution in [2.75, 3.05) is 13.6 Å². The molecule has 1 heterocycles. The first kappa shape index (κ1) is 13.4. The van der Waals surface area contributed by atoms with Gasteiger partial charge in [-0.2, -0.15) is 0 Å². The van der Waals surface area contributed by atoms with Crippen molar-refractivity contribution in [2.45, 2.75) is 19.4 Å². The van der Waals surface area contributed by atoms with Gasteiger partial charge >= 0.3 is 5.69 Å². The number of rotatable bonds is 5. The van der Waals surface area contributed by atoms with E-state index in [-0.39, 0.29) is 17.6 Å². The summed E-state index contributed by atoms with van der Waals surface area (Å²) >= 11 is 0. The molecule has 1 aromatic carbocycles. The monoisotopic (exact) mass is 262 g/mol. The van der Waals surface area contributed by atoms with Crippen LogP contribution in [0, 0.1) is 0 Å². The normalized spacial score (nSPS) is 12.5. The average molecular weight is 262 g/mol. The first-order chi connectivity index (χ1) is 9.10. The van der Waals surface area contributed by atoms with Crippen molar-refractivity contribution in [1.29, 1.82) is 0 Å².